The number of hydrogen-bond acceptors (Lipinski definition) is 7. The lowest BCUT2D eigenvalue weighted by molar-refractivity contribution is -0.385. The van der Waals surface area contributed by atoms with Gasteiger partial charge < -0.3 is 9.52 Å². The van der Waals surface area contributed by atoms with Gasteiger partial charge in [0.1, 0.15) is 17.1 Å². The van der Waals surface area contributed by atoms with Gasteiger partial charge >= 0.3 is 5.97 Å². The smallest absolute Gasteiger partial charge is 0.335 e. The van der Waals surface area contributed by atoms with E-state index in [-0.39, 0.29) is 33.4 Å². The van der Waals surface area contributed by atoms with Crippen molar-refractivity contribution in [1.29, 1.82) is 0 Å². The van der Waals surface area contributed by atoms with Crippen LogP contribution < -0.4 is 10.2 Å². The maximum atomic E-state index is 13.1. The first-order valence-electron chi connectivity index (χ1n) is 9.76. The van der Waals surface area contributed by atoms with Gasteiger partial charge in [0.2, 0.25) is 0 Å². The van der Waals surface area contributed by atoms with Crippen LogP contribution in [-0.2, 0) is 9.59 Å². The van der Waals surface area contributed by atoms with Crippen molar-refractivity contribution >= 4 is 52.6 Å². The number of aryl methyl sites for hydroxylation is 1. The molecule has 4 rings (SSSR count). The topological polar surface area (TPSA) is 143 Å². The van der Waals surface area contributed by atoms with Crippen molar-refractivity contribution in [2.24, 2.45) is 0 Å². The van der Waals surface area contributed by atoms with Crippen molar-refractivity contribution in [3.63, 3.8) is 0 Å². The molecule has 2 amide bonds. The number of aromatic carboxylic acids is 1. The van der Waals surface area contributed by atoms with Crippen LogP contribution in [0.1, 0.15) is 21.7 Å². The van der Waals surface area contributed by atoms with Crippen LogP contribution in [0.4, 0.5) is 11.4 Å². The van der Waals surface area contributed by atoms with Gasteiger partial charge in [0, 0.05) is 17.2 Å². The second-order valence-electron chi connectivity index (χ2n) is 7.27. The average Bonchev–Trinajstić information content (AvgIpc) is 3.25. The summed E-state index contributed by atoms with van der Waals surface area (Å²) in [6.07, 6.45) is 1.22. The number of nitro benzene ring substituents is 1. The van der Waals surface area contributed by atoms with Crippen LogP contribution in [0.15, 0.2) is 64.6 Å². The van der Waals surface area contributed by atoms with Crippen LogP contribution in [0.3, 0.4) is 0 Å². The molecule has 1 fully saturated rings. The maximum Gasteiger partial charge on any atom is 0.335 e. The maximum absolute atomic E-state index is 13.1. The highest BCUT2D eigenvalue weighted by atomic mass is 32.1. The van der Waals surface area contributed by atoms with Crippen LogP contribution in [0.2, 0.25) is 0 Å². The molecular formula is C23H15N3O7S. The van der Waals surface area contributed by atoms with E-state index >= 15 is 0 Å². The Morgan fingerprint density at radius 2 is 1.94 bits per heavy atom. The Hall–Kier alpha value is -4.64. The molecule has 2 N–H and O–H groups in total. The Morgan fingerprint density at radius 1 is 1.18 bits per heavy atom. The molecule has 11 heteroatoms. The van der Waals surface area contributed by atoms with E-state index in [1.54, 1.807) is 25.1 Å². The number of anilines is 1. The van der Waals surface area contributed by atoms with Crippen molar-refractivity contribution in [2.45, 2.75) is 6.92 Å². The highest BCUT2D eigenvalue weighted by molar-refractivity contribution is 7.80. The summed E-state index contributed by atoms with van der Waals surface area (Å²) in [7, 11) is 0. The molecule has 0 bridgehead atoms. The Labute approximate surface area is 197 Å². The number of benzene rings is 2. The third-order valence-corrected chi connectivity index (χ3v) is 5.34. The van der Waals surface area contributed by atoms with Gasteiger partial charge in [-0.3, -0.25) is 29.9 Å². The quantitative estimate of drug-likeness (QED) is 0.186. The number of nitrogens with one attached hydrogen (secondary N) is 1. The Balaban J connectivity index is 1.68. The Bertz CT molecular complexity index is 1420. The number of hydrogen-bond donors (Lipinski definition) is 2. The lowest BCUT2D eigenvalue weighted by atomic mass is 10.1. The lowest BCUT2D eigenvalue weighted by Gasteiger charge is -2.28. The fraction of sp³-hybridized carbons (Fsp3) is 0.0435. The van der Waals surface area contributed by atoms with Crippen molar-refractivity contribution in [3.8, 4) is 11.3 Å². The van der Waals surface area contributed by atoms with Gasteiger partial charge in [-0.2, -0.15) is 0 Å². The molecule has 0 unspecified atom stereocenters. The minimum atomic E-state index is -1.18. The van der Waals surface area contributed by atoms with Crippen LogP contribution in [-0.4, -0.2) is 32.9 Å². The molecular weight excluding hydrogens is 462 g/mol. The molecule has 1 aliphatic heterocycles. The second kappa shape index (κ2) is 8.71. The summed E-state index contributed by atoms with van der Waals surface area (Å²) < 4.78 is 5.70. The van der Waals surface area contributed by atoms with E-state index in [4.69, 9.17) is 16.6 Å². The SMILES string of the molecule is Cc1ccc(-c2ccc(C=C3C(=O)NC(=S)N(c4cccc(C(=O)O)c4)C3=O)o2)cc1[N+](=O)[O-]. The van der Waals surface area contributed by atoms with Crippen LogP contribution in [0, 0.1) is 17.0 Å². The molecule has 0 saturated carbocycles. The Kier molecular flexibility index (Phi) is 5.78. The minimum Gasteiger partial charge on any atom is -0.478 e. The van der Waals surface area contributed by atoms with Gasteiger partial charge in [-0.05, 0) is 55.5 Å². The fourth-order valence-corrected chi connectivity index (χ4v) is 3.64. The highest BCUT2D eigenvalue weighted by Crippen LogP contribution is 2.29. The summed E-state index contributed by atoms with van der Waals surface area (Å²) in [5.74, 6) is -2.23. The van der Waals surface area contributed by atoms with Crippen molar-refractivity contribution in [1.82, 2.24) is 5.32 Å². The molecule has 2 aromatic carbocycles. The summed E-state index contributed by atoms with van der Waals surface area (Å²) >= 11 is 5.12. The second-order valence-corrected chi connectivity index (χ2v) is 7.66. The molecule has 1 aliphatic rings. The van der Waals surface area contributed by atoms with Crippen molar-refractivity contribution in [3.05, 3.63) is 87.2 Å². The first-order valence-corrected chi connectivity index (χ1v) is 10.2. The number of rotatable bonds is 5. The minimum absolute atomic E-state index is 0.0570. The third-order valence-electron chi connectivity index (χ3n) is 5.06. The summed E-state index contributed by atoms with van der Waals surface area (Å²) in [4.78, 5) is 48.6. The molecule has 2 heterocycles. The zero-order valence-electron chi connectivity index (χ0n) is 17.5. The number of carbonyl (C=O) groups excluding carboxylic acids is 2. The summed E-state index contributed by atoms with van der Waals surface area (Å²) in [6, 6.07) is 13.3. The van der Waals surface area contributed by atoms with Gasteiger partial charge in [-0.15, -0.1) is 0 Å². The Morgan fingerprint density at radius 3 is 2.65 bits per heavy atom. The molecule has 1 aromatic heterocycles. The van der Waals surface area contributed by atoms with Crippen molar-refractivity contribution < 1.29 is 28.8 Å². The first-order chi connectivity index (χ1) is 16.2. The van der Waals surface area contributed by atoms with E-state index in [0.717, 1.165) is 4.90 Å². The van der Waals surface area contributed by atoms with E-state index in [9.17, 15) is 29.6 Å². The zero-order valence-corrected chi connectivity index (χ0v) is 18.3. The molecule has 0 spiro atoms. The van der Waals surface area contributed by atoms with E-state index < -0.39 is 22.7 Å². The normalized spacial score (nSPS) is 14.9. The van der Waals surface area contributed by atoms with Crippen LogP contribution >= 0.6 is 12.2 Å². The van der Waals surface area contributed by atoms with Crippen molar-refractivity contribution in [2.75, 3.05) is 4.90 Å². The highest BCUT2D eigenvalue weighted by Gasteiger charge is 2.35. The summed E-state index contributed by atoms with van der Waals surface area (Å²) in [5.41, 5.74) is 0.713. The molecule has 1 saturated heterocycles. The molecule has 0 aliphatic carbocycles. The zero-order chi connectivity index (χ0) is 24.6. The molecule has 34 heavy (non-hydrogen) atoms. The standard InChI is InChI=1S/C23H15N3O7S/c1-12-5-6-13(10-18(12)26(31)32)19-8-7-16(33-19)11-17-20(27)24-23(34)25(21(17)28)15-4-2-3-14(9-15)22(29)30/h2-11H,1H3,(H,29,30)(H,24,27,34). The van der Waals surface area contributed by atoms with Crippen LogP contribution in [0.25, 0.3) is 17.4 Å². The number of thiocarbonyl (C=S) groups is 1. The number of furan rings is 1. The van der Waals surface area contributed by atoms with Gasteiger partial charge in [0.05, 0.1) is 16.2 Å². The number of carboxylic acids is 1. The molecule has 0 radical (unpaired) electrons. The van der Waals surface area contributed by atoms with Gasteiger partial charge in [-0.25, -0.2) is 4.79 Å². The fourth-order valence-electron chi connectivity index (χ4n) is 3.36. The molecule has 3 aromatic rings. The lowest BCUT2D eigenvalue weighted by Crippen LogP contribution is -2.54. The average molecular weight is 477 g/mol. The van der Waals surface area contributed by atoms with Gasteiger partial charge in [-0.1, -0.05) is 18.2 Å². The number of carboxylic acid groups (broad SMARTS) is 1. The van der Waals surface area contributed by atoms with E-state index in [1.807, 2.05) is 0 Å². The van der Waals surface area contributed by atoms with E-state index in [0.29, 0.717) is 16.9 Å². The van der Waals surface area contributed by atoms with E-state index in [1.165, 1.54) is 42.5 Å². The molecule has 0 atom stereocenters. The number of nitrogens with zero attached hydrogens (tertiary/aromatic N) is 2. The summed E-state index contributed by atoms with van der Waals surface area (Å²) in [6.45, 7) is 1.62. The van der Waals surface area contributed by atoms with Gasteiger partial charge in [0.25, 0.3) is 17.5 Å². The van der Waals surface area contributed by atoms with Gasteiger partial charge in [0.15, 0.2) is 5.11 Å². The predicted octanol–water partition coefficient (Wildman–Crippen LogP) is 3.69. The number of nitro groups is 1. The molecule has 10 nitrogen and oxygen atoms in total. The van der Waals surface area contributed by atoms with Crippen LogP contribution in [0.5, 0.6) is 0 Å². The molecule has 170 valence electrons. The number of amides is 2. The van der Waals surface area contributed by atoms with E-state index in [2.05, 4.69) is 5.32 Å². The first kappa shape index (κ1) is 22.6. The predicted molar refractivity (Wildman–Crippen MR) is 125 cm³/mol. The third kappa shape index (κ3) is 4.19. The summed E-state index contributed by atoms with van der Waals surface area (Å²) in [5, 5.41) is 22.6. The largest absolute Gasteiger partial charge is 0.478 e. The number of carbonyl (C=O) groups is 3. The monoisotopic (exact) mass is 477 g/mol.